The minimum atomic E-state index is -1.17. The van der Waals surface area contributed by atoms with Gasteiger partial charge in [-0.2, -0.15) is 0 Å². The van der Waals surface area contributed by atoms with Gasteiger partial charge in [0.05, 0.1) is 5.69 Å². The van der Waals surface area contributed by atoms with E-state index in [2.05, 4.69) is 21.2 Å². The second-order valence-corrected chi connectivity index (χ2v) is 4.08. The summed E-state index contributed by atoms with van der Waals surface area (Å²) in [7, 11) is 0. The number of halogens is 1. The Morgan fingerprint density at radius 3 is 2.87 bits per heavy atom. The first kappa shape index (κ1) is 12.2. The number of hydrogen-bond acceptors (Lipinski definition) is 3. The molecule has 0 aromatic heterocycles. The zero-order chi connectivity index (χ0) is 11.4. The molecule has 1 aromatic rings. The highest BCUT2D eigenvalue weighted by atomic mass is 79.9. The number of nitrogens with two attached hydrogens (primary N) is 1. The Morgan fingerprint density at radius 2 is 2.33 bits per heavy atom. The number of hydrogen-bond donors (Lipinski definition) is 3. The smallest absolute Gasteiger partial charge is 0.254 e. The number of benzene rings is 1. The average Bonchev–Trinajstić information content (AvgIpc) is 2.20. The van der Waals surface area contributed by atoms with E-state index < -0.39 is 12.0 Å². The van der Waals surface area contributed by atoms with Crippen molar-refractivity contribution in [1.29, 1.82) is 0 Å². The molecule has 0 saturated carbocycles. The van der Waals surface area contributed by atoms with Gasteiger partial charge in [0.1, 0.15) is 6.10 Å². The van der Waals surface area contributed by atoms with E-state index in [1.165, 1.54) is 0 Å². The van der Waals surface area contributed by atoms with Crippen LogP contribution in [-0.4, -0.2) is 23.7 Å². The van der Waals surface area contributed by atoms with Crippen molar-refractivity contribution in [2.24, 2.45) is 5.73 Å². The van der Waals surface area contributed by atoms with Gasteiger partial charge in [-0.25, -0.2) is 0 Å². The van der Waals surface area contributed by atoms with E-state index in [1.807, 2.05) is 19.1 Å². The summed E-state index contributed by atoms with van der Waals surface area (Å²) >= 11 is 3.32. The Kier molecular flexibility index (Phi) is 4.26. The molecule has 1 aromatic carbocycles. The Labute approximate surface area is 96.6 Å². The molecule has 0 heterocycles. The molecule has 0 aliphatic carbocycles. The van der Waals surface area contributed by atoms with Gasteiger partial charge in [-0.3, -0.25) is 4.79 Å². The predicted molar refractivity (Wildman–Crippen MR) is 62.6 cm³/mol. The highest BCUT2D eigenvalue weighted by Gasteiger charge is 2.13. The lowest BCUT2D eigenvalue weighted by atomic mass is 10.2. The lowest BCUT2D eigenvalue weighted by molar-refractivity contribution is -0.123. The molecule has 4 nitrogen and oxygen atoms in total. The van der Waals surface area contributed by atoms with Gasteiger partial charge in [0.15, 0.2) is 0 Å². The summed E-state index contributed by atoms with van der Waals surface area (Å²) in [6.07, 6.45) is -1.17. The largest absolute Gasteiger partial charge is 0.382 e. The summed E-state index contributed by atoms with van der Waals surface area (Å²) in [5, 5.41) is 11.8. The second kappa shape index (κ2) is 5.25. The lowest BCUT2D eigenvalue weighted by Gasteiger charge is -2.10. The first-order valence-electron chi connectivity index (χ1n) is 4.49. The van der Waals surface area contributed by atoms with Crippen molar-refractivity contribution in [3.63, 3.8) is 0 Å². The van der Waals surface area contributed by atoms with Crippen LogP contribution < -0.4 is 11.1 Å². The SMILES string of the molecule is Cc1ccc(NC(=O)C(O)CN)c(Br)c1. The first-order valence-corrected chi connectivity index (χ1v) is 5.29. The fourth-order valence-electron chi connectivity index (χ4n) is 1.04. The van der Waals surface area contributed by atoms with Gasteiger partial charge in [0, 0.05) is 11.0 Å². The normalized spacial score (nSPS) is 12.3. The van der Waals surface area contributed by atoms with Crippen LogP contribution in [0.15, 0.2) is 22.7 Å². The third-order valence-electron chi connectivity index (χ3n) is 1.91. The minimum absolute atomic E-state index is 0.0880. The van der Waals surface area contributed by atoms with E-state index in [0.29, 0.717) is 5.69 Å². The monoisotopic (exact) mass is 272 g/mol. The molecule has 5 heteroatoms. The molecule has 4 N–H and O–H groups in total. The Balaban J connectivity index is 2.77. The molecule has 0 bridgehead atoms. The summed E-state index contributed by atoms with van der Waals surface area (Å²) in [5.41, 5.74) is 6.87. The van der Waals surface area contributed by atoms with Crippen LogP contribution in [0.2, 0.25) is 0 Å². The average molecular weight is 273 g/mol. The van der Waals surface area contributed by atoms with Crippen LogP contribution in [0.3, 0.4) is 0 Å². The molecule has 0 fully saturated rings. The molecule has 0 saturated heterocycles. The van der Waals surface area contributed by atoms with E-state index >= 15 is 0 Å². The Morgan fingerprint density at radius 1 is 1.67 bits per heavy atom. The van der Waals surface area contributed by atoms with Crippen molar-refractivity contribution < 1.29 is 9.90 Å². The standard InChI is InChI=1S/C10H13BrN2O2/c1-6-2-3-8(7(11)4-6)13-10(15)9(14)5-12/h2-4,9,14H,5,12H2,1H3,(H,13,15). The number of rotatable bonds is 3. The van der Waals surface area contributed by atoms with Crippen LogP contribution >= 0.6 is 15.9 Å². The van der Waals surface area contributed by atoms with Crippen molar-refractivity contribution in [2.75, 3.05) is 11.9 Å². The van der Waals surface area contributed by atoms with Crippen molar-refractivity contribution in [3.8, 4) is 0 Å². The molecule has 0 radical (unpaired) electrons. The first-order chi connectivity index (χ1) is 7.04. The highest BCUT2D eigenvalue weighted by molar-refractivity contribution is 9.10. The van der Waals surface area contributed by atoms with Crippen LogP contribution in [0, 0.1) is 6.92 Å². The fraction of sp³-hybridized carbons (Fsp3) is 0.300. The molecular formula is C10H13BrN2O2. The molecular weight excluding hydrogens is 260 g/mol. The zero-order valence-electron chi connectivity index (χ0n) is 8.33. The van der Waals surface area contributed by atoms with Crippen molar-refractivity contribution in [3.05, 3.63) is 28.2 Å². The molecule has 0 aliphatic rings. The van der Waals surface area contributed by atoms with Gasteiger partial charge >= 0.3 is 0 Å². The number of aliphatic hydroxyl groups is 1. The maximum atomic E-state index is 11.3. The predicted octanol–water partition coefficient (Wildman–Crippen LogP) is 1.02. The summed E-state index contributed by atoms with van der Waals surface area (Å²) < 4.78 is 0.778. The molecule has 0 spiro atoms. The van der Waals surface area contributed by atoms with Crippen LogP contribution in [0.1, 0.15) is 5.56 Å². The van der Waals surface area contributed by atoms with Crippen LogP contribution in [0.4, 0.5) is 5.69 Å². The third kappa shape index (κ3) is 3.30. The molecule has 15 heavy (non-hydrogen) atoms. The van der Waals surface area contributed by atoms with E-state index in [9.17, 15) is 9.90 Å². The van der Waals surface area contributed by atoms with E-state index in [1.54, 1.807) is 6.07 Å². The van der Waals surface area contributed by atoms with Crippen molar-refractivity contribution in [2.45, 2.75) is 13.0 Å². The summed E-state index contributed by atoms with van der Waals surface area (Å²) in [6.45, 7) is 1.86. The molecule has 1 unspecified atom stereocenters. The number of anilines is 1. The fourth-order valence-corrected chi connectivity index (χ4v) is 1.64. The quantitative estimate of drug-likeness (QED) is 0.769. The molecule has 0 aliphatic heterocycles. The second-order valence-electron chi connectivity index (χ2n) is 3.22. The third-order valence-corrected chi connectivity index (χ3v) is 2.56. The number of aryl methyl sites for hydroxylation is 1. The lowest BCUT2D eigenvalue weighted by Crippen LogP contribution is -2.34. The Bertz CT molecular complexity index is 368. The van der Waals surface area contributed by atoms with Crippen molar-refractivity contribution >= 4 is 27.5 Å². The highest BCUT2D eigenvalue weighted by Crippen LogP contribution is 2.23. The van der Waals surface area contributed by atoms with Gasteiger partial charge in [-0.1, -0.05) is 6.07 Å². The van der Waals surface area contributed by atoms with E-state index in [-0.39, 0.29) is 6.54 Å². The molecule has 82 valence electrons. The Hall–Kier alpha value is -0.910. The number of nitrogens with one attached hydrogen (secondary N) is 1. The minimum Gasteiger partial charge on any atom is -0.382 e. The summed E-state index contributed by atoms with van der Waals surface area (Å²) in [6, 6.07) is 5.51. The summed E-state index contributed by atoms with van der Waals surface area (Å²) in [5.74, 6) is -0.498. The van der Waals surface area contributed by atoms with Gasteiger partial charge in [0.25, 0.3) is 5.91 Å². The summed E-state index contributed by atoms with van der Waals surface area (Å²) in [4.78, 5) is 11.3. The maximum absolute atomic E-state index is 11.3. The molecule has 1 rings (SSSR count). The maximum Gasteiger partial charge on any atom is 0.254 e. The molecule has 1 amide bonds. The van der Waals surface area contributed by atoms with Gasteiger partial charge < -0.3 is 16.2 Å². The number of carbonyl (C=O) groups excluding carboxylic acids is 1. The van der Waals surface area contributed by atoms with Gasteiger partial charge in [-0.05, 0) is 40.5 Å². The van der Waals surface area contributed by atoms with E-state index in [0.717, 1.165) is 10.0 Å². The van der Waals surface area contributed by atoms with Crippen LogP contribution in [-0.2, 0) is 4.79 Å². The molecule has 1 atom stereocenters. The number of amides is 1. The van der Waals surface area contributed by atoms with Crippen LogP contribution in [0.25, 0.3) is 0 Å². The van der Waals surface area contributed by atoms with Gasteiger partial charge in [0.2, 0.25) is 0 Å². The zero-order valence-corrected chi connectivity index (χ0v) is 9.91. The van der Waals surface area contributed by atoms with Gasteiger partial charge in [-0.15, -0.1) is 0 Å². The number of carbonyl (C=O) groups is 1. The van der Waals surface area contributed by atoms with E-state index in [4.69, 9.17) is 5.73 Å². The topological polar surface area (TPSA) is 75.3 Å². The number of aliphatic hydroxyl groups excluding tert-OH is 1. The van der Waals surface area contributed by atoms with Crippen LogP contribution in [0.5, 0.6) is 0 Å². The van der Waals surface area contributed by atoms with Crippen molar-refractivity contribution in [1.82, 2.24) is 0 Å².